The van der Waals surface area contributed by atoms with Gasteiger partial charge in [-0.05, 0) is 30.6 Å². The fourth-order valence-corrected chi connectivity index (χ4v) is 3.02. The maximum Gasteiger partial charge on any atom is 0.0316 e. The monoisotopic (exact) mass is 190 g/mol. The Balaban J connectivity index is 0.000000720. The molecule has 0 aromatic carbocycles. The number of hydrogen-bond acceptors (Lipinski definition) is 2. The Morgan fingerprint density at radius 2 is 1.92 bits per heavy atom. The van der Waals surface area contributed by atoms with Crippen molar-refractivity contribution in [3.8, 4) is 0 Å². The van der Waals surface area contributed by atoms with Gasteiger partial charge in [-0.15, -0.1) is 12.4 Å². The summed E-state index contributed by atoms with van der Waals surface area (Å²) in [7, 11) is 0. The van der Waals surface area contributed by atoms with Gasteiger partial charge in [0, 0.05) is 11.6 Å². The molecule has 3 heteroatoms. The molecule has 3 atom stereocenters. The van der Waals surface area contributed by atoms with Crippen LogP contribution in [0.5, 0.6) is 0 Å². The molecule has 0 spiro atoms. The average Bonchev–Trinajstić information content (AvgIpc) is 2.36. The molecule has 72 valence electrons. The maximum absolute atomic E-state index is 6.19. The molecule has 0 amide bonds. The molecular formula is C9H19ClN2. The standard InChI is InChI=1S/C9H18N2.ClH/c1-8(2)6-3-4-9(11,5-6)7(8)10;/h6-7H,3-5,10-11H2,1-2H3;1H. The van der Waals surface area contributed by atoms with Crippen molar-refractivity contribution in [3.63, 3.8) is 0 Å². The Kier molecular flexibility index (Phi) is 2.23. The zero-order chi connectivity index (χ0) is 8.28. The van der Waals surface area contributed by atoms with Crippen LogP contribution in [-0.4, -0.2) is 11.6 Å². The Morgan fingerprint density at radius 3 is 2.17 bits per heavy atom. The minimum absolute atomic E-state index is 0. The molecule has 3 unspecified atom stereocenters. The van der Waals surface area contributed by atoms with Crippen LogP contribution in [0.4, 0.5) is 0 Å². The van der Waals surface area contributed by atoms with Crippen LogP contribution in [0.1, 0.15) is 33.1 Å². The van der Waals surface area contributed by atoms with Gasteiger partial charge in [0.15, 0.2) is 0 Å². The Bertz CT molecular complexity index is 188. The van der Waals surface area contributed by atoms with Gasteiger partial charge >= 0.3 is 0 Å². The van der Waals surface area contributed by atoms with Gasteiger partial charge in [-0.2, -0.15) is 0 Å². The summed E-state index contributed by atoms with van der Waals surface area (Å²) >= 11 is 0. The van der Waals surface area contributed by atoms with E-state index in [1.807, 2.05) is 0 Å². The second-order valence-corrected chi connectivity index (χ2v) is 4.97. The third-order valence-electron chi connectivity index (χ3n) is 4.06. The zero-order valence-electron chi connectivity index (χ0n) is 7.84. The summed E-state index contributed by atoms with van der Waals surface area (Å²) in [6.45, 7) is 4.52. The molecule has 2 rings (SSSR count). The van der Waals surface area contributed by atoms with Crippen LogP contribution in [0.15, 0.2) is 0 Å². The molecule has 4 N–H and O–H groups in total. The van der Waals surface area contributed by atoms with Crippen LogP contribution in [-0.2, 0) is 0 Å². The highest BCUT2D eigenvalue weighted by molar-refractivity contribution is 5.85. The maximum atomic E-state index is 6.19. The van der Waals surface area contributed by atoms with E-state index in [1.165, 1.54) is 6.42 Å². The fourth-order valence-electron chi connectivity index (χ4n) is 3.02. The quantitative estimate of drug-likeness (QED) is 0.605. The minimum Gasteiger partial charge on any atom is -0.326 e. The first-order valence-corrected chi connectivity index (χ1v) is 4.51. The summed E-state index contributed by atoms with van der Waals surface area (Å²) in [6.07, 6.45) is 3.58. The minimum atomic E-state index is -0.0197. The van der Waals surface area contributed by atoms with Crippen LogP contribution in [0.3, 0.4) is 0 Å². The molecule has 2 saturated carbocycles. The topological polar surface area (TPSA) is 52.0 Å². The van der Waals surface area contributed by atoms with Crippen molar-refractivity contribution in [2.24, 2.45) is 22.8 Å². The third-order valence-corrected chi connectivity index (χ3v) is 4.06. The second-order valence-electron chi connectivity index (χ2n) is 4.97. The highest BCUT2D eigenvalue weighted by Crippen LogP contribution is 2.55. The van der Waals surface area contributed by atoms with Crippen molar-refractivity contribution in [2.75, 3.05) is 0 Å². The summed E-state index contributed by atoms with van der Waals surface area (Å²) in [5.41, 5.74) is 12.6. The molecule has 2 fully saturated rings. The Hall–Kier alpha value is 0.210. The summed E-state index contributed by atoms with van der Waals surface area (Å²) in [6, 6.07) is 0.216. The largest absolute Gasteiger partial charge is 0.326 e. The highest BCUT2D eigenvalue weighted by Gasteiger charge is 2.58. The second kappa shape index (κ2) is 2.60. The van der Waals surface area contributed by atoms with E-state index in [9.17, 15) is 0 Å². The predicted molar refractivity (Wildman–Crippen MR) is 53.3 cm³/mol. The molecule has 2 aliphatic rings. The van der Waals surface area contributed by atoms with Crippen molar-refractivity contribution < 1.29 is 0 Å². The van der Waals surface area contributed by atoms with E-state index >= 15 is 0 Å². The van der Waals surface area contributed by atoms with Crippen LogP contribution >= 0.6 is 12.4 Å². The summed E-state index contributed by atoms with van der Waals surface area (Å²) in [5, 5.41) is 0. The van der Waals surface area contributed by atoms with E-state index in [0.717, 1.165) is 18.8 Å². The number of hydrogen-bond donors (Lipinski definition) is 2. The number of nitrogens with two attached hydrogens (primary N) is 2. The van der Waals surface area contributed by atoms with Crippen molar-refractivity contribution >= 4 is 12.4 Å². The lowest BCUT2D eigenvalue weighted by atomic mass is 9.71. The van der Waals surface area contributed by atoms with Gasteiger partial charge in [0.2, 0.25) is 0 Å². The molecule has 2 aliphatic carbocycles. The smallest absolute Gasteiger partial charge is 0.0316 e. The van der Waals surface area contributed by atoms with Gasteiger partial charge in [-0.3, -0.25) is 0 Å². The SMILES string of the molecule is CC1(C)C2CCC(N)(C2)C1N.Cl. The van der Waals surface area contributed by atoms with E-state index < -0.39 is 0 Å². The number of fused-ring (bicyclic) bond motifs is 2. The molecular weight excluding hydrogens is 172 g/mol. The highest BCUT2D eigenvalue weighted by atomic mass is 35.5. The molecule has 0 heterocycles. The first-order valence-electron chi connectivity index (χ1n) is 4.51. The average molecular weight is 191 g/mol. The zero-order valence-corrected chi connectivity index (χ0v) is 8.66. The Labute approximate surface area is 80.5 Å². The van der Waals surface area contributed by atoms with E-state index in [-0.39, 0.29) is 29.4 Å². The van der Waals surface area contributed by atoms with Crippen molar-refractivity contribution in [1.29, 1.82) is 0 Å². The van der Waals surface area contributed by atoms with Crippen LogP contribution in [0.2, 0.25) is 0 Å². The van der Waals surface area contributed by atoms with E-state index in [1.54, 1.807) is 0 Å². The molecule has 12 heavy (non-hydrogen) atoms. The summed E-state index contributed by atoms with van der Waals surface area (Å²) in [5.74, 6) is 0.780. The van der Waals surface area contributed by atoms with E-state index in [4.69, 9.17) is 11.5 Å². The Morgan fingerprint density at radius 1 is 1.33 bits per heavy atom. The van der Waals surface area contributed by atoms with Crippen molar-refractivity contribution in [2.45, 2.75) is 44.7 Å². The summed E-state index contributed by atoms with van der Waals surface area (Å²) < 4.78 is 0. The van der Waals surface area contributed by atoms with Crippen LogP contribution in [0.25, 0.3) is 0 Å². The van der Waals surface area contributed by atoms with E-state index in [0.29, 0.717) is 0 Å². The van der Waals surface area contributed by atoms with Crippen molar-refractivity contribution in [1.82, 2.24) is 0 Å². The lowest BCUT2D eigenvalue weighted by Gasteiger charge is -2.39. The lowest BCUT2D eigenvalue weighted by molar-refractivity contribution is 0.169. The molecule has 2 nitrogen and oxygen atoms in total. The summed E-state index contributed by atoms with van der Waals surface area (Å²) in [4.78, 5) is 0. The van der Waals surface area contributed by atoms with E-state index in [2.05, 4.69) is 13.8 Å². The molecule has 0 radical (unpaired) electrons. The number of rotatable bonds is 0. The van der Waals surface area contributed by atoms with Crippen LogP contribution < -0.4 is 11.5 Å². The molecule has 0 saturated heterocycles. The van der Waals surface area contributed by atoms with Gasteiger partial charge in [0.05, 0.1) is 0 Å². The van der Waals surface area contributed by atoms with Crippen LogP contribution in [0, 0.1) is 11.3 Å². The van der Waals surface area contributed by atoms with Gasteiger partial charge in [0.25, 0.3) is 0 Å². The normalized spacial score (nSPS) is 49.0. The number of halogens is 1. The third kappa shape index (κ3) is 1.02. The van der Waals surface area contributed by atoms with Gasteiger partial charge in [0.1, 0.15) is 0 Å². The van der Waals surface area contributed by atoms with Crippen molar-refractivity contribution in [3.05, 3.63) is 0 Å². The fraction of sp³-hybridized carbons (Fsp3) is 1.00. The molecule has 2 bridgehead atoms. The molecule has 0 aromatic heterocycles. The first-order chi connectivity index (χ1) is 4.97. The molecule has 0 aliphatic heterocycles. The van der Waals surface area contributed by atoms with Gasteiger partial charge in [-0.25, -0.2) is 0 Å². The lowest BCUT2D eigenvalue weighted by Crippen LogP contribution is -2.57. The molecule has 0 aromatic rings. The van der Waals surface area contributed by atoms with Gasteiger partial charge < -0.3 is 11.5 Å². The predicted octanol–water partition coefficient (Wildman–Crippen LogP) is 1.27. The van der Waals surface area contributed by atoms with Gasteiger partial charge in [-0.1, -0.05) is 13.8 Å². The first kappa shape index (κ1) is 10.3.